The summed E-state index contributed by atoms with van der Waals surface area (Å²) in [5, 5.41) is 9.55. The van der Waals surface area contributed by atoms with Crippen molar-refractivity contribution in [1.29, 1.82) is 0 Å². The summed E-state index contributed by atoms with van der Waals surface area (Å²) < 4.78 is 10.7. The second-order valence-corrected chi connectivity index (χ2v) is 4.61. The number of nitrogens with zero attached hydrogens (tertiary/aromatic N) is 3. The number of hydrogen-bond donors (Lipinski definition) is 1. The van der Waals surface area contributed by atoms with Crippen molar-refractivity contribution in [3.63, 3.8) is 0 Å². The van der Waals surface area contributed by atoms with Gasteiger partial charge in [0, 0.05) is 25.8 Å². The molecule has 0 saturated carbocycles. The normalized spacial score (nSPS) is 19.7. The number of anilines is 1. The summed E-state index contributed by atoms with van der Waals surface area (Å²) in [5.74, 6) is 1.31. The number of aliphatic hydroxyl groups excluding tert-OH is 1. The number of aromatic nitrogens is 2. The Hall–Kier alpha value is -0.950. The molecule has 19 heavy (non-hydrogen) atoms. The van der Waals surface area contributed by atoms with Crippen molar-refractivity contribution in [2.24, 2.45) is 0 Å². The molecule has 0 amide bonds. The Bertz CT molecular complexity index is 419. The molecule has 0 bridgehead atoms. The standard InChI is InChI=1S/C12H18ClN3O3/c1-2-18-8-11-14-10(13)5-12(15-11)16-3-4-19-9(6-16)7-17/h5,9,17H,2-4,6-8H2,1H3. The monoisotopic (exact) mass is 287 g/mol. The number of aliphatic hydroxyl groups is 1. The zero-order chi connectivity index (χ0) is 13.7. The highest BCUT2D eigenvalue weighted by atomic mass is 35.5. The maximum Gasteiger partial charge on any atom is 0.158 e. The first-order chi connectivity index (χ1) is 9.22. The van der Waals surface area contributed by atoms with Crippen LogP contribution in [-0.4, -0.2) is 54.1 Å². The average molecular weight is 288 g/mol. The van der Waals surface area contributed by atoms with Gasteiger partial charge in [0.2, 0.25) is 0 Å². The topological polar surface area (TPSA) is 67.7 Å². The van der Waals surface area contributed by atoms with Crippen LogP contribution < -0.4 is 4.90 Å². The van der Waals surface area contributed by atoms with E-state index in [4.69, 9.17) is 26.2 Å². The van der Waals surface area contributed by atoms with Crippen molar-refractivity contribution >= 4 is 17.4 Å². The van der Waals surface area contributed by atoms with Crippen LogP contribution in [0.25, 0.3) is 0 Å². The fourth-order valence-corrected chi connectivity index (χ4v) is 2.10. The van der Waals surface area contributed by atoms with Gasteiger partial charge < -0.3 is 19.5 Å². The number of halogens is 1. The zero-order valence-corrected chi connectivity index (χ0v) is 11.6. The molecule has 0 spiro atoms. The molecule has 0 aliphatic carbocycles. The molecule has 6 nitrogen and oxygen atoms in total. The van der Waals surface area contributed by atoms with Crippen LogP contribution >= 0.6 is 11.6 Å². The highest BCUT2D eigenvalue weighted by Crippen LogP contribution is 2.19. The lowest BCUT2D eigenvalue weighted by Gasteiger charge is -2.33. The number of morpholine rings is 1. The van der Waals surface area contributed by atoms with E-state index < -0.39 is 0 Å². The smallest absolute Gasteiger partial charge is 0.158 e. The molecule has 1 aliphatic heterocycles. The molecule has 1 unspecified atom stereocenters. The molecule has 1 saturated heterocycles. The molecule has 1 aromatic heterocycles. The zero-order valence-electron chi connectivity index (χ0n) is 10.9. The van der Waals surface area contributed by atoms with E-state index in [1.54, 1.807) is 6.07 Å². The van der Waals surface area contributed by atoms with Crippen LogP contribution in [0, 0.1) is 0 Å². The SMILES string of the molecule is CCOCc1nc(Cl)cc(N2CCOC(CO)C2)n1. The maximum absolute atomic E-state index is 9.15. The van der Waals surface area contributed by atoms with Crippen LogP contribution in [0.3, 0.4) is 0 Å². The third-order valence-electron chi connectivity index (χ3n) is 2.83. The van der Waals surface area contributed by atoms with Gasteiger partial charge in [-0.3, -0.25) is 0 Å². The van der Waals surface area contributed by atoms with Crippen molar-refractivity contribution in [3.05, 3.63) is 17.0 Å². The largest absolute Gasteiger partial charge is 0.394 e. The molecule has 0 radical (unpaired) electrons. The number of ether oxygens (including phenoxy) is 2. The fraction of sp³-hybridized carbons (Fsp3) is 0.667. The summed E-state index contributed by atoms with van der Waals surface area (Å²) in [7, 11) is 0. The Morgan fingerprint density at radius 3 is 3.16 bits per heavy atom. The molecule has 1 fully saturated rings. The predicted octanol–water partition coefficient (Wildman–Crippen LogP) is 0.864. The third-order valence-corrected chi connectivity index (χ3v) is 3.02. The van der Waals surface area contributed by atoms with E-state index in [1.807, 2.05) is 11.8 Å². The van der Waals surface area contributed by atoms with E-state index in [1.165, 1.54) is 0 Å². The highest BCUT2D eigenvalue weighted by Gasteiger charge is 2.21. The maximum atomic E-state index is 9.15. The Balaban J connectivity index is 2.11. The first-order valence-corrected chi connectivity index (χ1v) is 6.69. The first kappa shape index (κ1) is 14.5. The van der Waals surface area contributed by atoms with Gasteiger partial charge in [-0.05, 0) is 6.92 Å². The average Bonchev–Trinajstić information content (AvgIpc) is 2.44. The van der Waals surface area contributed by atoms with Crippen molar-refractivity contribution < 1.29 is 14.6 Å². The summed E-state index contributed by atoms with van der Waals surface area (Å²) >= 11 is 6.00. The number of hydrogen-bond acceptors (Lipinski definition) is 6. The molecule has 2 rings (SSSR count). The molecule has 1 N–H and O–H groups in total. The van der Waals surface area contributed by atoms with E-state index in [2.05, 4.69) is 9.97 Å². The summed E-state index contributed by atoms with van der Waals surface area (Å²) in [6.45, 7) is 4.75. The first-order valence-electron chi connectivity index (χ1n) is 6.31. The second-order valence-electron chi connectivity index (χ2n) is 4.22. The van der Waals surface area contributed by atoms with E-state index in [-0.39, 0.29) is 12.7 Å². The molecule has 106 valence electrons. The molecule has 0 aromatic carbocycles. The summed E-state index contributed by atoms with van der Waals surface area (Å²) in [6, 6.07) is 1.72. The van der Waals surface area contributed by atoms with Gasteiger partial charge >= 0.3 is 0 Å². The van der Waals surface area contributed by atoms with Crippen LogP contribution in [0.15, 0.2) is 6.07 Å². The van der Waals surface area contributed by atoms with Gasteiger partial charge in [-0.15, -0.1) is 0 Å². The van der Waals surface area contributed by atoms with Crippen LogP contribution in [0.1, 0.15) is 12.7 Å². The van der Waals surface area contributed by atoms with E-state index in [9.17, 15) is 0 Å². The summed E-state index contributed by atoms with van der Waals surface area (Å²) in [6.07, 6.45) is -0.183. The van der Waals surface area contributed by atoms with Gasteiger partial charge in [-0.2, -0.15) is 0 Å². The predicted molar refractivity (Wildman–Crippen MR) is 71.4 cm³/mol. The molecule has 2 heterocycles. The minimum atomic E-state index is -0.183. The van der Waals surface area contributed by atoms with Crippen LogP contribution in [0.5, 0.6) is 0 Å². The van der Waals surface area contributed by atoms with E-state index in [0.29, 0.717) is 37.3 Å². The molecule has 1 atom stereocenters. The van der Waals surface area contributed by atoms with Gasteiger partial charge in [0.1, 0.15) is 17.6 Å². The fourth-order valence-electron chi connectivity index (χ4n) is 1.91. The molecule has 1 aromatic rings. The lowest BCUT2D eigenvalue weighted by Crippen LogP contribution is -2.44. The molecule has 7 heteroatoms. The Morgan fingerprint density at radius 1 is 1.58 bits per heavy atom. The van der Waals surface area contributed by atoms with Gasteiger partial charge in [0.15, 0.2) is 5.82 Å². The lowest BCUT2D eigenvalue weighted by molar-refractivity contribution is 0.00332. The van der Waals surface area contributed by atoms with Gasteiger partial charge in [0.05, 0.1) is 19.3 Å². The summed E-state index contributed by atoms with van der Waals surface area (Å²) in [5.41, 5.74) is 0. The lowest BCUT2D eigenvalue weighted by atomic mass is 10.3. The van der Waals surface area contributed by atoms with E-state index in [0.717, 1.165) is 12.4 Å². The van der Waals surface area contributed by atoms with Crippen molar-refractivity contribution in [2.75, 3.05) is 37.8 Å². The van der Waals surface area contributed by atoms with Crippen LogP contribution in [-0.2, 0) is 16.1 Å². The van der Waals surface area contributed by atoms with Gasteiger partial charge in [-0.25, -0.2) is 9.97 Å². The minimum Gasteiger partial charge on any atom is -0.394 e. The second kappa shape index (κ2) is 7.00. The molecular weight excluding hydrogens is 270 g/mol. The van der Waals surface area contributed by atoms with Gasteiger partial charge in [0.25, 0.3) is 0 Å². The Labute approximate surface area is 117 Å². The third kappa shape index (κ3) is 4.01. The number of rotatable bonds is 5. The van der Waals surface area contributed by atoms with Crippen LogP contribution in [0.4, 0.5) is 5.82 Å². The van der Waals surface area contributed by atoms with Crippen molar-refractivity contribution in [2.45, 2.75) is 19.6 Å². The van der Waals surface area contributed by atoms with Gasteiger partial charge in [-0.1, -0.05) is 11.6 Å². The van der Waals surface area contributed by atoms with Crippen molar-refractivity contribution in [1.82, 2.24) is 9.97 Å². The van der Waals surface area contributed by atoms with Crippen molar-refractivity contribution in [3.8, 4) is 0 Å². The quantitative estimate of drug-likeness (QED) is 0.811. The van der Waals surface area contributed by atoms with E-state index >= 15 is 0 Å². The molecular formula is C12H18ClN3O3. The summed E-state index contributed by atoms with van der Waals surface area (Å²) in [4.78, 5) is 10.6. The molecule has 1 aliphatic rings. The Morgan fingerprint density at radius 2 is 2.42 bits per heavy atom. The minimum absolute atomic E-state index is 0.00111. The van der Waals surface area contributed by atoms with Crippen LogP contribution in [0.2, 0.25) is 5.15 Å². The Kier molecular flexibility index (Phi) is 5.33. The highest BCUT2D eigenvalue weighted by molar-refractivity contribution is 6.29.